The number of hydrogen-bond donors (Lipinski definition) is 0. The van der Waals surface area contributed by atoms with Crippen molar-refractivity contribution in [3.63, 3.8) is 0 Å². The van der Waals surface area contributed by atoms with E-state index in [0.717, 1.165) is 16.0 Å². The normalized spacial score (nSPS) is 23.6. The van der Waals surface area contributed by atoms with Crippen molar-refractivity contribution in [2.45, 2.75) is 19.0 Å². The van der Waals surface area contributed by atoms with Crippen molar-refractivity contribution < 1.29 is 19.2 Å². The summed E-state index contributed by atoms with van der Waals surface area (Å²) in [7, 11) is 0. The van der Waals surface area contributed by atoms with Crippen molar-refractivity contribution in [1.29, 1.82) is 0 Å². The van der Waals surface area contributed by atoms with Gasteiger partial charge in [-0.05, 0) is 66.6 Å². The maximum absolute atomic E-state index is 14.0. The van der Waals surface area contributed by atoms with E-state index in [4.69, 9.17) is 23.2 Å². The highest BCUT2D eigenvalue weighted by Gasteiger charge is 2.64. The number of imide groups is 1. The molecule has 0 saturated carbocycles. The van der Waals surface area contributed by atoms with Gasteiger partial charge in [-0.2, -0.15) is 0 Å². The summed E-state index contributed by atoms with van der Waals surface area (Å²) in [5.41, 5.74) is 2.91. The maximum atomic E-state index is 14.0. The zero-order valence-corrected chi connectivity index (χ0v) is 21.1. The minimum atomic E-state index is -0.934. The van der Waals surface area contributed by atoms with Crippen molar-refractivity contribution in [2.24, 2.45) is 11.8 Å². The molecular weight excluding hydrogens is 511 g/mol. The van der Waals surface area contributed by atoms with Crippen LogP contribution in [0, 0.1) is 11.8 Å². The number of Topliss-reactive ketones (excluding diaryl/α,β-unsaturated/α-hetero) is 2. The molecule has 6 nitrogen and oxygen atoms in total. The van der Waals surface area contributed by atoms with Gasteiger partial charge >= 0.3 is 0 Å². The molecule has 37 heavy (non-hydrogen) atoms. The lowest BCUT2D eigenvalue weighted by Crippen LogP contribution is -2.44. The summed E-state index contributed by atoms with van der Waals surface area (Å²) >= 11 is 12.5. The number of halogens is 2. The van der Waals surface area contributed by atoms with Gasteiger partial charge in [0, 0.05) is 22.3 Å². The molecule has 3 aromatic carbocycles. The molecule has 2 amide bonds. The van der Waals surface area contributed by atoms with Gasteiger partial charge in [0.25, 0.3) is 0 Å². The number of rotatable bonds is 4. The molecule has 184 valence electrons. The number of hydrogen-bond acceptors (Lipinski definition) is 5. The predicted molar refractivity (Wildman–Crippen MR) is 141 cm³/mol. The summed E-state index contributed by atoms with van der Waals surface area (Å²) in [6.07, 6.45) is 3.69. The first-order valence-electron chi connectivity index (χ1n) is 11.8. The van der Waals surface area contributed by atoms with Crippen molar-refractivity contribution in [1.82, 2.24) is 4.90 Å². The van der Waals surface area contributed by atoms with E-state index in [1.54, 1.807) is 42.6 Å². The van der Waals surface area contributed by atoms with Crippen molar-refractivity contribution in [3.8, 4) is 0 Å². The third-order valence-electron chi connectivity index (χ3n) is 7.46. The van der Waals surface area contributed by atoms with Gasteiger partial charge in [-0.3, -0.25) is 19.2 Å². The summed E-state index contributed by atoms with van der Waals surface area (Å²) < 4.78 is 0. The van der Waals surface area contributed by atoms with Crippen LogP contribution in [0.25, 0.3) is 6.08 Å². The quantitative estimate of drug-likeness (QED) is 0.324. The maximum Gasteiger partial charge on any atom is 0.240 e. The first kappa shape index (κ1) is 23.6. The molecule has 2 fully saturated rings. The second-order valence-corrected chi connectivity index (χ2v) is 10.3. The largest absolute Gasteiger partial charge is 0.358 e. The average Bonchev–Trinajstić information content (AvgIpc) is 3.36. The van der Waals surface area contributed by atoms with E-state index in [9.17, 15) is 19.2 Å². The van der Waals surface area contributed by atoms with Crippen LogP contribution in [0.15, 0.2) is 72.9 Å². The van der Waals surface area contributed by atoms with Gasteiger partial charge < -0.3 is 4.90 Å². The lowest BCUT2D eigenvalue weighted by molar-refractivity contribution is -0.123. The highest BCUT2D eigenvalue weighted by molar-refractivity contribution is 6.37. The molecule has 0 bridgehead atoms. The topological polar surface area (TPSA) is 74.8 Å². The molecule has 0 spiro atoms. The Labute approximate surface area is 223 Å². The molecule has 6 rings (SSSR count). The lowest BCUT2D eigenvalue weighted by Gasteiger charge is -2.35. The number of carbonyl (C=O) groups excluding carboxylic acids is 4. The monoisotopic (exact) mass is 530 g/mol. The number of amides is 2. The molecule has 0 aromatic heterocycles. The minimum Gasteiger partial charge on any atom is -0.358 e. The van der Waals surface area contributed by atoms with Crippen molar-refractivity contribution in [3.05, 3.63) is 105 Å². The highest BCUT2D eigenvalue weighted by atomic mass is 35.5. The number of anilines is 1. The summed E-state index contributed by atoms with van der Waals surface area (Å²) in [6, 6.07) is 17.2. The van der Waals surface area contributed by atoms with Crippen LogP contribution in [0.5, 0.6) is 0 Å². The Balaban J connectivity index is 1.48. The molecule has 0 aliphatic carbocycles. The van der Waals surface area contributed by atoms with Crippen LogP contribution in [-0.2, 0) is 9.59 Å². The molecular formula is C29H20Cl2N2O4. The minimum absolute atomic E-state index is 0.116. The van der Waals surface area contributed by atoms with Gasteiger partial charge in [-0.25, -0.2) is 4.90 Å². The Bertz CT molecular complexity index is 1530. The summed E-state index contributed by atoms with van der Waals surface area (Å²) in [5, 5.41) is 0.579. The molecule has 0 radical (unpaired) electrons. The molecule has 3 aromatic rings. The predicted octanol–water partition coefficient (Wildman–Crippen LogP) is 5.59. The molecule has 8 heteroatoms. The van der Waals surface area contributed by atoms with E-state index < -0.39 is 29.8 Å². The van der Waals surface area contributed by atoms with Gasteiger partial charge in [0.05, 0.1) is 28.6 Å². The van der Waals surface area contributed by atoms with Crippen molar-refractivity contribution >= 4 is 58.3 Å². The smallest absolute Gasteiger partial charge is 0.240 e. The van der Waals surface area contributed by atoms with E-state index >= 15 is 0 Å². The van der Waals surface area contributed by atoms with Crippen LogP contribution in [0.4, 0.5) is 5.69 Å². The molecule has 0 unspecified atom stereocenters. The van der Waals surface area contributed by atoms with Crippen LogP contribution in [0.2, 0.25) is 10.0 Å². The second-order valence-electron chi connectivity index (χ2n) is 9.44. The van der Waals surface area contributed by atoms with Gasteiger partial charge in [-0.15, -0.1) is 0 Å². The standard InChI is InChI=1S/C29H20Cl2N2O4/c1-15(34)16-6-9-19(10-7-16)33-28(36)23-24(29(33)37)26(27(35)21-11-8-18(30)14-22(21)31)32-13-12-17-4-2-3-5-20(17)25(23)32/h2-14,23-26H,1H3/t23-,24+,25-,26+/m0/s1. The Kier molecular flexibility index (Phi) is 5.55. The fraction of sp³-hybridized carbons (Fsp3) is 0.172. The first-order valence-corrected chi connectivity index (χ1v) is 12.6. The number of ketones is 2. The second kappa shape index (κ2) is 8.68. The fourth-order valence-corrected chi connectivity index (χ4v) is 6.31. The van der Waals surface area contributed by atoms with E-state index in [2.05, 4.69) is 0 Å². The van der Waals surface area contributed by atoms with Crippen LogP contribution >= 0.6 is 23.2 Å². The zero-order chi connectivity index (χ0) is 26.0. The molecule has 3 aliphatic heterocycles. The summed E-state index contributed by atoms with van der Waals surface area (Å²) in [6.45, 7) is 1.45. The highest BCUT2D eigenvalue weighted by Crippen LogP contribution is 2.54. The van der Waals surface area contributed by atoms with Gasteiger partial charge in [0.1, 0.15) is 6.04 Å². The SMILES string of the molecule is CC(=O)c1ccc(N2C(=O)[C@@H]3[C@H](C2=O)[C@@H]2c4ccccc4C=CN2[C@H]3C(=O)c2ccc(Cl)cc2Cl)cc1. The Morgan fingerprint density at radius 2 is 1.57 bits per heavy atom. The third-order valence-corrected chi connectivity index (χ3v) is 8.01. The van der Waals surface area contributed by atoms with E-state index in [0.29, 0.717) is 16.3 Å². The van der Waals surface area contributed by atoms with Crippen LogP contribution in [-0.4, -0.2) is 34.3 Å². The van der Waals surface area contributed by atoms with Crippen LogP contribution in [0.1, 0.15) is 44.8 Å². The Hall–Kier alpha value is -3.74. The molecule has 2 saturated heterocycles. The molecule has 3 heterocycles. The van der Waals surface area contributed by atoms with Crippen LogP contribution < -0.4 is 4.90 Å². The van der Waals surface area contributed by atoms with Gasteiger partial charge in [0.15, 0.2) is 11.6 Å². The molecule has 3 aliphatic rings. The van der Waals surface area contributed by atoms with E-state index in [1.807, 2.05) is 35.2 Å². The fourth-order valence-electron chi connectivity index (χ4n) is 5.81. The zero-order valence-electron chi connectivity index (χ0n) is 19.6. The van der Waals surface area contributed by atoms with Crippen LogP contribution in [0.3, 0.4) is 0 Å². The average molecular weight is 531 g/mol. The van der Waals surface area contributed by atoms with Gasteiger partial charge in [0.2, 0.25) is 11.8 Å². The number of fused-ring (bicyclic) bond motifs is 5. The van der Waals surface area contributed by atoms with Gasteiger partial charge in [-0.1, -0.05) is 47.5 Å². The molecule has 0 N–H and O–H groups in total. The Morgan fingerprint density at radius 1 is 0.865 bits per heavy atom. The molecule has 4 atom stereocenters. The van der Waals surface area contributed by atoms with Crippen molar-refractivity contribution in [2.75, 3.05) is 4.90 Å². The third kappa shape index (κ3) is 3.55. The van der Waals surface area contributed by atoms with E-state index in [1.165, 1.54) is 13.0 Å². The number of benzene rings is 3. The van der Waals surface area contributed by atoms with E-state index in [-0.39, 0.29) is 28.1 Å². The summed E-state index contributed by atoms with van der Waals surface area (Å²) in [4.78, 5) is 56.6. The summed E-state index contributed by atoms with van der Waals surface area (Å²) in [5.74, 6) is -2.98. The number of carbonyl (C=O) groups is 4. The number of nitrogens with zero attached hydrogens (tertiary/aromatic N) is 2. The first-order chi connectivity index (χ1) is 17.8. The Morgan fingerprint density at radius 3 is 2.27 bits per heavy atom. The lowest BCUT2D eigenvalue weighted by atomic mass is 9.83.